The monoisotopic (exact) mass is 337 g/mol. The van der Waals surface area contributed by atoms with Crippen LogP contribution in [0.3, 0.4) is 0 Å². The van der Waals surface area contributed by atoms with Crippen LogP contribution in [0, 0.1) is 13.8 Å². The molecule has 7 heteroatoms. The number of amides is 1. The van der Waals surface area contributed by atoms with Crippen LogP contribution in [0.4, 0.5) is 0 Å². The van der Waals surface area contributed by atoms with Crippen molar-refractivity contribution < 1.29 is 9.32 Å². The Labute approximate surface area is 145 Å². The summed E-state index contributed by atoms with van der Waals surface area (Å²) in [5, 5.41) is 11.3. The Morgan fingerprint density at radius 3 is 2.88 bits per heavy atom. The molecule has 2 aromatic heterocycles. The highest BCUT2D eigenvalue weighted by molar-refractivity contribution is 5.95. The number of hydrogen-bond donors (Lipinski definition) is 1. The number of nitrogens with zero attached hydrogens (tertiary/aromatic N) is 4. The number of aromatic nitrogens is 4. The van der Waals surface area contributed by atoms with Gasteiger partial charge in [-0.15, -0.1) is 0 Å². The molecule has 0 aliphatic heterocycles. The van der Waals surface area contributed by atoms with E-state index in [4.69, 9.17) is 4.52 Å². The molecule has 25 heavy (non-hydrogen) atoms. The summed E-state index contributed by atoms with van der Waals surface area (Å²) in [6, 6.07) is 6.12. The molecule has 0 bridgehead atoms. The SMILES string of the molecule is Cc1nc(-c2ccc3c(c2)CCC3NC(=O)c2cn(C)nc2C)no1. The molecule has 0 radical (unpaired) electrons. The van der Waals surface area contributed by atoms with Crippen LogP contribution in [-0.2, 0) is 13.5 Å². The van der Waals surface area contributed by atoms with Gasteiger partial charge in [-0.1, -0.05) is 17.3 Å². The number of carbonyl (C=O) groups excluding carboxylic acids is 1. The molecule has 0 fully saturated rings. The lowest BCUT2D eigenvalue weighted by Crippen LogP contribution is -2.27. The van der Waals surface area contributed by atoms with E-state index >= 15 is 0 Å². The van der Waals surface area contributed by atoms with E-state index in [0.717, 1.165) is 29.7 Å². The minimum Gasteiger partial charge on any atom is -0.345 e. The molecule has 0 saturated carbocycles. The largest absolute Gasteiger partial charge is 0.345 e. The lowest BCUT2D eigenvalue weighted by molar-refractivity contribution is 0.0936. The summed E-state index contributed by atoms with van der Waals surface area (Å²) in [7, 11) is 1.82. The molecule has 1 aromatic carbocycles. The maximum absolute atomic E-state index is 12.5. The van der Waals surface area contributed by atoms with Crippen molar-refractivity contribution in [1.82, 2.24) is 25.2 Å². The smallest absolute Gasteiger partial charge is 0.255 e. The van der Waals surface area contributed by atoms with E-state index in [1.165, 1.54) is 5.56 Å². The van der Waals surface area contributed by atoms with E-state index < -0.39 is 0 Å². The number of benzene rings is 1. The standard InChI is InChI=1S/C18H19N5O2/c1-10-15(9-23(3)21-10)18(24)20-16-7-5-12-8-13(4-6-14(12)16)17-19-11(2)25-22-17/h4,6,8-9,16H,5,7H2,1-3H3,(H,20,24). The van der Waals surface area contributed by atoms with Crippen LogP contribution in [0.1, 0.15) is 45.5 Å². The van der Waals surface area contributed by atoms with Crippen molar-refractivity contribution in [3.05, 3.63) is 52.7 Å². The summed E-state index contributed by atoms with van der Waals surface area (Å²) in [6.45, 7) is 3.62. The van der Waals surface area contributed by atoms with Crippen LogP contribution in [0.15, 0.2) is 28.9 Å². The maximum Gasteiger partial charge on any atom is 0.255 e. The van der Waals surface area contributed by atoms with Crippen molar-refractivity contribution in [2.75, 3.05) is 0 Å². The zero-order valence-corrected chi connectivity index (χ0v) is 14.4. The van der Waals surface area contributed by atoms with Crippen LogP contribution >= 0.6 is 0 Å². The van der Waals surface area contributed by atoms with Crippen molar-refractivity contribution in [2.24, 2.45) is 7.05 Å². The Kier molecular flexibility index (Phi) is 3.63. The van der Waals surface area contributed by atoms with Gasteiger partial charge in [0.25, 0.3) is 5.91 Å². The number of hydrogen-bond acceptors (Lipinski definition) is 5. The van der Waals surface area contributed by atoms with E-state index in [2.05, 4.69) is 26.6 Å². The van der Waals surface area contributed by atoms with E-state index in [0.29, 0.717) is 17.3 Å². The fraction of sp³-hybridized carbons (Fsp3) is 0.333. The van der Waals surface area contributed by atoms with Gasteiger partial charge >= 0.3 is 0 Å². The molecule has 1 amide bonds. The van der Waals surface area contributed by atoms with Crippen LogP contribution in [-0.4, -0.2) is 25.8 Å². The van der Waals surface area contributed by atoms with Gasteiger partial charge in [-0.2, -0.15) is 10.1 Å². The van der Waals surface area contributed by atoms with E-state index in [1.54, 1.807) is 17.8 Å². The Balaban J connectivity index is 1.56. The number of fused-ring (bicyclic) bond motifs is 1. The molecule has 3 aromatic rings. The summed E-state index contributed by atoms with van der Waals surface area (Å²) in [6.07, 6.45) is 3.55. The molecule has 4 rings (SSSR count). The summed E-state index contributed by atoms with van der Waals surface area (Å²) in [5.74, 6) is 1.06. The predicted molar refractivity (Wildman–Crippen MR) is 90.9 cm³/mol. The first kappa shape index (κ1) is 15.6. The van der Waals surface area contributed by atoms with Crippen molar-refractivity contribution in [3.63, 3.8) is 0 Å². The first-order valence-corrected chi connectivity index (χ1v) is 8.26. The number of carbonyl (C=O) groups is 1. The predicted octanol–water partition coefficient (Wildman–Crippen LogP) is 2.50. The van der Waals surface area contributed by atoms with Crippen LogP contribution in [0.2, 0.25) is 0 Å². The second kappa shape index (κ2) is 5.84. The Morgan fingerprint density at radius 1 is 1.36 bits per heavy atom. The quantitative estimate of drug-likeness (QED) is 0.793. The lowest BCUT2D eigenvalue weighted by atomic mass is 10.0. The van der Waals surface area contributed by atoms with Gasteiger partial charge in [-0.05, 0) is 37.0 Å². The fourth-order valence-electron chi connectivity index (χ4n) is 3.38. The van der Waals surface area contributed by atoms with Gasteiger partial charge in [0, 0.05) is 25.7 Å². The van der Waals surface area contributed by atoms with Crippen molar-refractivity contribution in [2.45, 2.75) is 32.7 Å². The van der Waals surface area contributed by atoms with E-state index in [9.17, 15) is 4.79 Å². The first-order valence-electron chi connectivity index (χ1n) is 8.26. The summed E-state index contributed by atoms with van der Waals surface area (Å²) in [5.41, 5.74) is 4.66. The molecule has 0 spiro atoms. The van der Waals surface area contributed by atoms with Crippen LogP contribution in [0.5, 0.6) is 0 Å². The number of nitrogens with one attached hydrogen (secondary N) is 1. The fourth-order valence-corrected chi connectivity index (χ4v) is 3.38. The zero-order valence-electron chi connectivity index (χ0n) is 14.4. The third-order valence-electron chi connectivity index (χ3n) is 4.57. The van der Waals surface area contributed by atoms with Gasteiger partial charge in [-0.3, -0.25) is 9.48 Å². The van der Waals surface area contributed by atoms with E-state index in [-0.39, 0.29) is 11.9 Å². The normalized spacial score (nSPS) is 16.0. The minimum atomic E-state index is -0.0821. The molecule has 1 aliphatic rings. The maximum atomic E-state index is 12.5. The third-order valence-corrected chi connectivity index (χ3v) is 4.57. The molecule has 128 valence electrons. The second-order valence-electron chi connectivity index (χ2n) is 6.42. The number of aryl methyl sites for hydroxylation is 4. The molecule has 1 N–H and O–H groups in total. The van der Waals surface area contributed by atoms with Gasteiger partial charge in [0.05, 0.1) is 17.3 Å². The highest BCUT2D eigenvalue weighted by atomic mass is 16.5. The van der Waals surface area contributed by atoms with Gasteiger partial charge in [0.2, 0.25) is 11.7 Å². The van der Waals surface area contributed by atoms with E-state index in [1.807, 2.05) is 26.1 Å². The summed E-state index contributed by atoms with van der Waals surface area (Å²) < 4.78 is 6.71. The van der Waals surface area contributed by atoms with Gasteiger partial charge in [0.1, 0.15) is 0 Å². The van der Waals surface area contributed by atoms with Crippen molar-refractivity contribution in [1.29, 1.82) is 0 Å². The molecule has 7 nitrogen and oxygen atoms in total. The molecular weight excluding hydrogens is 318 g/mol. The number of rotatable bonds is 3. The summed E-state index contributed by atoms with van der Waals surface area (Å²) in [4.78, 5) is 16.8. The Morgan fingerprint density at radius 2 is 2.20 bits per heavy atom. The highest BCUT2D eigenvalue weighted by Crippen LogP contribution is 2.34. The van der Waals surface area contributed by atoms with Crippen LogP contribution < -0.4 is 5.32 Å². The summed E-state index contributed by atoms with van der Waals surface area (Å²) >= 11 is 0. The van der Waals surface area contributed by atoms with Gasteiger partial charge in [0.15, 0.2) is 0 Å². The molecule has 1 atom stereocenters. The average Bonchev–Trinajstić information content (AvgIpc) is 3.26. The second-order valence-corrected chi connectivity index (χ2v) is 6.42. The van der Waals surface area contributed by atoms with Crippen molar-refractivity contribution >= 4 is 5.91 Å². The molecular formula is C18H19N5O2. The molecule has 0 saturated heterocycles. The minimum absolute atomic E-state index is 0.0168. The average molecular weight is 337 g/mol. The van der Waals surface area contributed by atoms with Gasteiger partial charge < -0.3 is 9.84 Å². The lowest BCUT2D eigenvalue weighted by Gasteiger charge is -2.14. The molecule has 2 heterocycles. The van der Waals surface area contributed by atoms with Gasteiger partial charge in [-0.25, -0.2) is 0 Å². The molecule has 1 aliphatic carbocycles. The first-order chi connectivity index (χ1) is 12.0. The molecule has 1 unspecified atom stereocenters. The Hall–Kier alpha value is -2.96. The zero-order chi connectivity index (χ0) is 17.6. The van der Waals surface area contributed by atoms with Crippen molar-refractivity contribution in [3.8, 4) is 11.4 Å². The Bertz CT molecular complexity index is 956. The highest BCUT2D eigenvalue weighted by Gasteiger charge is 2.26. The third kappa shape index (κ3) is 2.82. The topological polar surface area (TPSA) is 85.8 Å². The van der Waals surface area contributed by atoms with Crippen LogP contribution in [0.25, 0.3) is 11.4 Å².